The highest BCUT2D eigenvalue weighted by atomic mass is 35.5. The van der Waals surface area contributed by atoms with Gasteiger partial charge in [-0.05, 0) is 38.5 Å². The van der Waals surface area contributed by atoms with Gasteiger partial charge in [0.25, 0.3) is 0 Å². The highest BCUT2D eigenvalue weighted by Crippen LogP contribution is 2.10. The molecule has 0 rings (SSSR count). The Kier molecular flexibility index (Phi) is 7.53. The topological polar surface area (TPSA) is 66.4 Å². The van der Waals surface area contributed by atoms with Gasteiger partial charge < -0.3 is 10.4 Å². The van der Waals surface area contributed by atoms with E-state index in [1.165, 1.54) is 6.92 Å². The summed E-state index contributed by atoms with van der Waals surface area (Å²) < 4.78 is 0. The molecule has 0 saturated heterocycles. The van der Waals surface area contributed by atoms with Gasteiger partial charge in [-0.1, -0.05) is 24.3 Å². The molecule has 0 amide bonds. The van der Waals surface area contributed by atoms with Crippen LogP contribution in [0, 0.1) is 0 Å². The number of ketones is 1. The molecule has 0 saturated carbocycles. The molecule has 4 nitrogen and oxygen atoms in total. The summed E-state index contributed by atoms with van der Waals surface area (Å²) in [7, 11) is 0. The molecule has 0 radical (unpaired) electrons. The lowest BCUT2D eigenvalue weighted by Crippen LogP contribution is -2.20. The fourth-order valence-corrected chi connectivity index (χ4v) is 1.35. The Bertz CT molecular complexity index is 473. The number of aliphatic carboxylic acids is 1. The number of carbonyl (C=O) groups excluding carboxylic acids is 1. The number of allylic oxidation sites excluding steroid dienone is 5. The molecule has 0 spiro atoms. The highest BCUT2D eigenvalue weighted by molar-refractivity contribution is 6.31. The monoisotopic (exact) mass is 283 g/mol. The fourth-order valence-electron chi connectivity index (χ4n) is 1.28. The summed E-state index contributed by atoms with van der Waals surface area (Å²) in [5.74, 6) is -1.23. The van der Waals surface area contributed by atoms with E-state index in [0.717, 1.165) is 0 Å². The standard InChI is InChI=1S/C14H18ClNO3/c1-5-12(15)7-6-10(3)16-13(14(18)19)9(2)8-11(4)17/h5-7,16H,3,8H2,1-2,4H3,(H,18,19)/b7-6-,12-5+,13-9+. The number of carboxylic acids is 1. The van der Waals surface area contributed by atoms with Crippen LogP contribution in [0.2, 0.25) is 0 Å². The second-order valence-electron chi connectivity index (χ2n) is 4.00. The molecule has 5 heteroatoms. The summed E-state index contributed by atoms with van der Waals surface area (Å²) in [6.07, 6.45) is 4.94. The van der Waals surface area contributed by atoms with Gasteiger partial charge in [0.05, 0.1) is 0 Å². The first-order valence-electron chi connectivity index (χ1n) is 5.66. The van der Waals surface area contributed by atoms with Gasteiger partial charge in [0, 0.05) is 17.2 Å². The molecular formula is C14H18ClNO3. The summed E-state index contributed by atoms with van der Waals surface area (Å²) in [6.45, 7) is 8.46. The van der Waals surface area contributed by atoms with Crippen LogP contribution in [-0.2, 0) is 9.59 Å². The molecule has 0 aromatic carbocycles. The Labute approximate surface area is 118 Å². The van der Waals surface area contributed by atoms with E-state index in [-0.39, 0.29) is 17.9 Å². The number of carboxylic acid groups (broad SMARTS) is 1. The van der Waals surface area contributed by atoms with Crippen molar-refractivity contribution in [3.63, 3.8) is 0 Å². The summed E-state index contributed by atoms with van der Waals surface area (Å²) in [6, 6.07) is 0. The SMILES string of the molecule is C=C(/C=C\C(Cl)=C/C)N/C(C(=O)O)=C(\C)CC(C)=O. The zero-order chi connectivity index (χ0) is 15.0. The minimum Gasteiger partial charge on any atom is -0.477 e. The Hall–Kier alpha value is -1.81. The lowest BCUT2D eigenvalue weighted by Gasteiger charge is -2.10. The molecule has 19 heavy (non-hydrogen) atoms. The molecule has 0 aliphatic carbocycles. The summed E-state index contributed by atoms with van der Waals surface area (Å²) in [5.41, 5.74) is 0.786. The normalized spacial score (nSPS) is 13.2. The van der Waals surface area contributed by atoms with Crippen LogP contribution >= 0.6 is 11.6 Å². The van der Waals surface area contributed by atoms with E-state index >= 15 is 0 Å². The van der Waals surface area contributed by atoms with Gasteiger partial charge in [-0.3, -0.25) is 4.79 Å². The molecule has 0 aromatic rings. The molecule has 0 bridgehead atoms. The minimum atomic E-state index is -1.13. The van der Waals surface area contributed by atoms with Crippen molar-refractivity contribution in [1.82, 2.24) is 5.32 Å². The highest BCUT2D eigenvalue weighted by Gasteiger charge is 2.12. The Morgan fingerprint density at radius 3 is 2.32 bits per heavy atom. The Morgan fingerprint density at radius 2 is 1.89 bits per heavy atom. The van der Waals surface area contributed by atoms with Gasteiger partial charge in [0.2, 0.25) is 0 Å². The van der Waals surface area contributed by atoms with Crippen LogP contribution in [0.3, 0.4) is 0 Å². The lowest BCUT2D eigenvalue weighted by atomic mass is 10.1. The van der Waals surface area contributed by atoms with Crippen LogP contribution in [-0.4, -0.2) is 16.9 Å². The van der Waals surface area contributed by atoms with Gasteiger partial charge >= 0.3 is 5.97 Å². The Balaban J connectivity index is 4.97. The van der Waals surface area contributed by atoms with E-state index in [9.17, 15) is 9.59 Å². The van der Waals surface area contributed by atoms with Crippen molar-refractivity contribution >= 4 is 23.4 Å². The molecule has 0 aliphatic rings. The van der Waals surface area contributed by atoms with E-state index in [0.29, 0.717) is 16.3 Å². The maximum Gasteiger partial charge on any atom is 0.352 e. The van der Waals surface area contributed by atoms with Crippen molar-refractivity contribution < 1.29 is 14.7 Å². The maximum absolute atomic E-state index is 11.1. The molecule has 104 valence electrons. The van der Waals surface area contributed by atoms with E-state index in [2.05, 4.69) is 11.9 Å². The smallest absolute Gasteiger partial charge is 0.352 e. The molecule has 0 unspecified atom stereocenters. The second kappa shape index (κ2) is 8.32. The number of nitrogens with one attached hydrogen (secondary N) is 1. The van der Waals surface area contributed by atoms with E-state index in [1.54, 1.807) is 32.1 Å². The first-order chi connectivity index (χ1) is 8.77. The van der Waals surface area contributed by atoms with Crippen LogP contribution in [0.5, 0.6) is 0 Å². The first-order valence-corrected chi connectivity index (χ1v) is 6.04. The lowest BCUT2D eigenvalue weighted by molar-refractivity contribution is -0.133. The largest absolute Gasteiger partial charge is 0.477 e. The van der Waals surface area contributed by atoms with E-state index < -0.39 is 5.97 Å². The second-order valence-corrected chi connectivity index (χ2v) is 4.43. The maximum atomic E-state index is 11.1. The molecule has 0 heterocycles. The average molecular weight is 284 g/mol. The number of hydrogen-bond donors (Lipinski definition) is 2. The van der Waals surface area contributed by atoms with Crippen LogP contribution in [0.4, 0.5) is 0 Å². The van der Waals surface area contributed by atoms with Crippen LogP contribution in [0.1, 0.15) is 27.2 Å². The molecular weight excluding hydrogens is 266 g/mol. The predicted molar refractivity (Wildman–Crippen MR) is 76.7 cm³/mol. The van der Waals surface area contributed by atoms with Crippen LogP contribution in [0.25, 0.3) is 0 Å². The van der Waals surface area contributed by atoms with E-state index in [1.807, 2.05) is 0 Å². The molecule has 0 aromatic heterocycles. The van der Waals surface area contributed by atoms with Crippen molar-refractivity contribution in [3.05, 3.63) is 46.8 Å². The zero-order valence-corrected chi connectivity index (χ0v) is 12.0. The van der Waals surface area contributed by atoms with E-state index in [4.69, 9.17) is 16.7 Å². The third-order valence-corrected chi connectivity index (χ3v) is 2.50. The molecule has 0 fully saturated rings. The van der Waals surface area contributed by atoms with Gasteiger partial charge in [0.1, 0.15) is 11.5 Å². The van der Waals surface area contributed by atoms with Gasteiger partial charge in [-0.15, -0.1) is 0 Å². The summed E-state index contributed by atoms with van der Waals surface area (Å²) >= 11 is 5.77. The minimum absolute atomic E-state index is 0.0403. The summed E-state index contributed by atoms with van der Waals surface area (Å²) in [4.78, 5) is 22.1. The number of halogens is 1. The zero-order valence-electron chi connectivity index (χ0n) is 11.3. The van der Waals surface area contributed by atoms with Gasteiger partial charge in [-0.25, -0.2) is 4.79 Å². The van der Waals surface area contributed by atoms with Crippen molar-refractivity contribution in [1.29, 1.82) is 0 Å². The quantitative estimate of drug-likeness (QED) is 0.556. The van der Waals surface area contributed by atoms with Gasteiger partial charge in [0.15, 0.2) is 0 Å². The summed E-state index contributed by atoms with van der Waals surface area (Å²) in [5, 5.41) is 12.3. The number of Topliss-reactive ketones (excluding diaryl/α,β-unsaturated/α-hetero) is 1. The van der Waals surface area contributed by atoms with Gasteiger partial charge in [-0.2, -0.15) is 0 Å². The molecule has 2 N–H and O–H groups in total. The van der Waals surface area contributed by atoms with Crippen molar-refractivity contribution in [3.8, 4) is 0 Å². The van der Waals surface area contributed by atoms with Crippen molar-refractivity contribution in [2.45, 2.75) is 27.2 Å². The first kappa shape index (κ1) is 17.2. The number of hydrogen-bond acceptors (Lipinski definition) is 3. The molecule has 0 aliphatic heterocycles. The van der Waals surface area contributed by atoms with Crippen LogP contribution in [0.15, 0.2) is 46.8 Å². The number of carbonyl (C=O) groups is 2. The van der Waals surface area contributed by atoms with Crippen molar-refractivity contribution in [2.75, 3.05) is 0 Å². The fraction of sp³-hybridized carbons (Fsp3) is 0.286. The third-order valence-electron chi connectivity index (χ3n) is 2.16. The average Bonchev–Trinajstić information content (AvgIpc) is 2.31. The van der Waals surface area contributed by atoms with Crippen molar-refractivity contribution in [2.24, 2.45) is 0 Å². The number of rotatable bonds is 7. The Morgan fingerprint density at radius 1 is 1.32 bits per heavy atom. The third kappa shape index (κ3) is 7.26. The van der Waals surface area contributed by atoms with Crippen LogP contribution < -0.4 is 5.32 Å². The predicted octanol–water partition coefficient (Wildman–Crippen LogP) is 3.13. The molecule has 0 atom stereocenters.